The summed E-state index contributed by atoms with van der Waals surface area (Å²) >= 11 is 0. The van der Waals surface area contributed by atoms with Crippen molar-refractivity contribution in [2.75, 3.05) is 32.9 Å². The van der Waals surface area contributed by atoms with Gasteiger partial charge in [0.15, 0.2) is 0 Å². The molecule has 0 aliphatic carbocycles. The van der Waals surface area contributed by atoms with Gasteiger partial charge >= 0.3 is 5.97 Å². The molecule has 0 unspecified atom stereocenters. The predicted octanol–water partition coefficient (Wildman–Crippen LogP) is 0.290. The summed E-state index contributed by atoms with van der Waals surface area (Å²) in [4.78, 5) is 11.1. The summed E-state index contributed by atoms with van der Waals surface area (Å²) in [6, 6.07) is 0. The lowest BCUT2D eigenvalue weighted by molar-refractivity contribution is -0.137. The van der Waals surface area contributed by atoms with Crippen LogP contribution in [0.25, 0.3) is 0 Å². The van der Waals surface area contributed by atoms with Gasteiger partial charge < -0.3 is 14.9 Å². The van der Waals surface area contributed by atoms with Gasteiger partial charge in [-0.25, -0.2) is 9.80 Å². The molecular weight excluding hydrogens is 196 g/mol. The van der Waals surface area contributed by atoms with Crippen molar-refractivity contribution in [1.82, 2.24) is 10.4 Å². The number of carbonyl (C=O) groups is 1. The highest BCUT2D eigenvalue weighted by Crippen LogP contribution is 1.97. The Hall–Kier alpha value is -1.07. The SMILES string of the molecule is CCOC(=O)/C=C(/C)NN1CCOCC1. The Morgan fingerprint density at radius 2 is 2.20 bits per heavy atom. The van der Waals surface area contributed by atoms with E-state index in [1.54, 1.807) is 6.92 Å². The molecule has 0 atom stereocenters. The first kappa shape index (κ1) is 12.0. The molecule has 15 heavy (non-hydrogen) atoms. The molecule has 0 spiro atoms. The zero-order chi connectivity index (χ0) is 11.1. The molecule has 1 rings (SSSR count). The van der Waals surface area contributed by atoms with Gasteiger partial charge in [-0.15, -0.1) is 0 Å². The Bertz CT molecular complexity index is 235. The van der Waals surface area contributed by atoms with Crippen molar-refractivity contribution in [2.24, 2.45) is 0 Å². The van der Waals surface area contributed by atoms with Crippen molar-refractivity contribution in [3.63, 3.8) is 0 Å². The van der Waals surface area contributed by atoms with E-state index < -0.39 is 0 Å². The van der Waals surface area contributed by atoms with Gasteiger partial charge in [0.2, 0.25) is 0 Å². The molecule has 0 aromatic carbocycles. The van der Waals surface area contributed by atoms with E-state index in [4.69, 9.17) is 9.47 Å². The van der Waals surface area contributed by atoms with E-state index in [9.17, 15) is 4.79 Å². The van der Waals surface area contributed by atoms with Gasteiger partial charge in [0.25, 0.3) is 0 Å². The highest BCUT2D eigenvalue weighted by atomic mass is 16.5. The van der Waals surface area contributed by atoms with Crippen LogP contribution in [0.4, 0.5) is 0 Å². The molecule has 0 aromatic heterocycles. The Kier molecular flexibility index (Phi) is 5.14. The number of nitrogens with zero attached hydrogens (tertiary/aromatic N) is 1. The topological polar surface area (TPSA) is 50.8 Å². The number of nitrogens with one attached hydrogen (secondary N) is 1. The maximum Gasteiger partial charge on any atom is 0.332 e. The van der Waals surface area contributed by atoms with Crippen LogP contribution in [0.3, 0.4) is 0 Å². The minimum absolute atomic E-state index is 0.309. The summed E-state index contributed by atoms with van der Waals surface area (Å²) in [5.74, 6) is -0.309. The van der Waals surface area contributed by atoms with Crippen molar-refractivity contribution in [2.45, 2.75) is 13.8 Å². The quantitative estimate of drug-likeness (QED) is 0.538. The summed E-state index contributed by atoms with van der Waals surface area (Å²) < 4.78 is 10.0. The summed E-state index contributed by atoms with van der Waals surface area (Å²) in [6.07, 6.45) is 1.46. The second-order valence-corrected chi connectivity index (χ2v) is 3.29. The van der Waals surface area contributed by atoms with Crippen LogP contribution in [0.15, 0.2) is 11.8 Å². The van der Waals surface area contributed by atoms with Crippen molar-refractivity contribution in [3.8, 4) is 0 Å². The first-order valence-corrected chi connectivity index (χ1v) is 5.16. The van der Waals surface area contributed by atoms with Crippen LogP contribution in [-0.4, -0.2) is 43.9 Å². The lowest BCUT2D eigenvalue weighted by Crippen LogP contribution is -2.44. The molecule has 5 nitrogen and oxygen atoms in total. The highest BCUT2D eigenvalue weighted by Gasteiger charge is 2.09. The average Bonchev–Trinajstić information content (AvgIpc) is 2.19. The number of hydrogen-bond donors (Lipinski definition) is 1. The van der Waals surface area contributed by atoms with E-state index in [0.717, 1.165) is 32.0 Å². The predicted molar refractivity (Wildman–Crippen MR) is 55.9 cm³/mol. The molecule has 1 saturated heterocycles. The number of hydrazine groups is 1. The largest absolute Gasteiger partial charge is 0.463 e. The number of hydrogen-bond acceptors (Lipinski definition) is 5. The van der Waals surface area contributed by atoms with Gasteiger partial charge in [-0.05, 0) is 13.8 Å². The van der Waals surface area contributed by atoms with Gasteiger partial charge in [-0.2, -0.15) is 0 Å². The third-order valence-electron chi connectivity index (χ3n) is 1.97. The maximum absolute atomic E-state index is 11.1. The van der Waals surface area contributed by atoms with Crippen molar-refractivity contribution >= 4 is 5.97 Å². The van der Waals surface area contributed by atoms with Crippen molar-refractivity contribution in [1.29, 1.82) is 0 Å². The van der Waals surface area contributed by atoms with Crippen molar-refractivity contribution < 1.29 is 14.3 Å². The number of morpholine rings is 1. The summed E-state index contributed by atoms with van der Waals surface area (Å²) in [6.45, 7) is 7.13. The Balaban J connectivity index is 2.32. The molecular formula is C10H18N2O3. The zero-order valence-corrected chi connectivity index (χ0v) is 9.28. The molecule has 1 aliphatic rings. The van der Waals surface area contributed by atoms with E-state index in [-0.39, 0.29) is 5.97 Å². The van der Waals surface area contributed by atoms with Crippen LogP contribution < -0.4 is 5.43 Å². The molecule has 1 heterocycles. The number of ether oxygens (including phenoxy) is 2. The lowest BCUT2D eigenvalue weighted by Gasteiger charge is -2.28. The molecule has 0 bridgehead atoms. The number of allylic oxidation sites excluding steroid dienone is 1. The molecule has 5 heteroatoms. The second kappa shape index (κ2) is 6.42. The van der Waals surface area contributed by atoms with Crippen molar-refractivity contribution in [3.05, 3.63) is 11.8 Å². The van der Waals surface area contributed by atoms with E-state index in [1.165, 1.54) is 6.08 Å². The summed E-state index contributed by atoms with van der Waals surface area (Å²) in [5.41, 5.74) is 3.91. The van der Waals surface area contributed by atoms with E-state index >= 15 is 0 Å². The Labute approximate surface area is 90.0 Å². The monoisotopic (exact) mass is 214 g/mol. The normalized spacial score (nSPS) is 18.7. The third kappa shape index (κ3) is 4.80. The second-order valence-electron chi connectivity index (χ2n) is 3.29. The molecule has 0 radical (unpaired) electrons. The first-order chi connectivity index (χ1) is 7.22. The van der Waals surface area contributed by atoms with Crippen LogP contribution in [0.1, 0.15) is 13.8 Å². The van der Waals surface area contributed by atoms with Crippen LogP contribution in [0, 0.1) is 0 Å². The number of esters is 1. The van der Waals surface area contributed by atoms with Crippen LogP contribution in [0.5, 0.6) is 0 Å². The fraction of sp³-hybridized carbons (Fsp3) is 0.700. The van der Waals surface area contributed by atoms with Gasteiger partial charge in [0.1, 0.15) is 0 Å². The smallest absolute Gasteiger partial charge is 0.332 e. The van der Waals surface area contributed by atoms with Crippen LogP contribution in [-0.2, 0) is 14.3 Å². The lowest BCUT2D eigenvalue weighted by atomic mass is 10.4. The maximum atomic E-state index is 11.1. The molecule has 0 amide bonds. The number of rotatable bonds is 4. The van der Waals surface area contributed by atoms with Gasteiger partial charge in [0.05, 0.1) is 19.8 Å². The Morgan fingerprint density at radius 1 is 1.53 bits per heavy atom. The highest BCUT2D eigenvalue weighted by molar-refractivity contribution is 5.82. The minimum atomic E-state index is -0.309. The number of carbonyl (C=O) groups excluding carboxylic acids is 1. The molecule has 1 N–H and O–H groups in total. The first-order valence-electron chi connectivity index (χ1n) is 5.16. The van der Waals surface area contributed by atoms with E-state index in [1.807, 2.05) is 11.9 Å². The molecule has 0 aromatic rings. The minimum Gasteiger partial charge on any atom is -0.463 e. The van der Waals surface area contributed by atoms with E-state index in [2.05, 4.69) is 5.43 Å². The zero-order valence-electron chi connectivity index (χ0n) is 9.28. The van der Waals surface area contributed by atoms with Gasteiger partial charge in [-0.3, -0.25) is 0 Å². The van der Waals surface area contributed by atoms with Gasteiger partial charge in [-0.1, -0.05) is 0 Å². The fourth-order valence-corrected chi connectivity index (χ4v) is 1.32. The summed E-state index contributed by atoms with van der Waals surface area (Å²) in [7, 11) is 0. The van der Waals surface area contributed by atoms with Crippen LogP contribution in [0.2, 0.25) is 0 Å². The molecule has 0 saturated carbocycles. The Morgan fingerprint density at radius 3 is 2.80 bits per heavy atom. The average molecular weight is 214 g/mol. The molecule has 86 valence electrons. The van der Waals surface area contributed by atoms with Gasteiger partial charge in [0, 0.05) is 24.9 Å². The van der Waals surface area contributed by atoms with E-state index in [0.29, 0.717) is 6.61 Å². The molecule has 1 aliphatic heterocycles. The standard InChI is InChI=1S/C10H18N2O3/c1-3-15-10(13)8-9(2)11-12-4-6-14-7-5-12/h8,11H,3-7H2,1-2H3/b9-8-. The fourth-order valence-electron chi connectivity index (χ4n) is 1.32. The molecule has 1 fully saturated rings. The van der Waals surface area contributed by atoms with Crippen LogP contribution >= 0.6 is 0 Å². The third-order valence-corrected chi connectivity index (χ3v) is 1.97. The summed E-state index contributed by atoms with van der Waals surface area (Å²) in [5, 5.41) is 2.02.